The monoisotopic (exact) mass is 291 g/mol. The average Bonchev–Trinajstić information content (AvgIpc) is 3.19. The zero-order chi connectivity index (χ0) is 15.0. The maximum atomic E-state index is 12.3. The van der Waals surface area contributed by atoms with Gasteiger partial charge in [0, 0.05) is 24.4 Å². The summed E-state index contributed by atoms with van der Waals surface area (Å²) in [5.41, 5.74) is 5.99. The second kappa shape index (κ2) is 5.33. The molecule has 0 spiro atoms. The van der Waals surface area contributed by atoms with E-state index in [1.807, 2.05) is 0 Å². The van der Waals surface area contributed by atoms with Gasteiger partial charge in [0.2, 0.25) is 0 Å². The Balaban J connectivity index is 1.75. The number of anilines is 1. The molecule has 112 valence electrons. The maximum absolute atomic E-state index is 12.3. The van der Waals surface area contributed by atoms with Crippen molar-refractivity contribution < 1.29 is 14.5 Å². The van der Waals surface area contributed by atoms with Crippen molar-refractivity contribution in [2.75, 3.05) is 12.3 Å². The summed E-state index contributed by atoms with van der Waals surface area (Å²) in [7, 11) is 0. The molecule has 1 aliphatic carbocycles. The van der Waals surface area contributed by atoms with Gasteiger partial charge in [-0.05, 0) is 31.2 Å². The number of ether oxygens (including phenoxy) is 1. The third-order valence-corrected chi connectivity index (χ3v) is 4.03. The first kappa shape index (κ1) is 13.8. The van der Waals surface area contributed by atoms with E-state index in [9.17, 15) is 14.9 Å². The number of amides is 1. The van der Waals surface area contributed by atoms with Crippen LogP contribution in [0.25, 0.3) is 0 Å². The van der Waals surface area contributed by atoms with Crippen molar-refractivity contribution in [2.45, 2.75) is 31.4 Å². The number of carbonyl (C=O) groups is 1. The molecule has 2 fully saturated rings. The first-order valence-electron chi connectivity index (χ1n) is 7.02. The zero-order valence-corrected chi connectivity index (χ0v) is 11.5. The van der Waals surface area contributed by atoms with Crippen LogP contribution in [0.15, 0.2) is 18.2 Å². The highest BCUT2D eigenvalue weighted by molar-refractivity contribution is 6.00. The Labute approximate surface area is 121 Å². The summed E-state index contributed by atoms with van der Waals surface area (Å²) < 4.78 is 5.66. The van der Waals surface area contributed by atoms with Gasteiger partial charge in [-0.2, -0.15) is 0 Å². The van der Waals surface area contributed by atoms with E-state index in [1.54, 1.807) is 0 Å². The van der Waals surface area contributed by atoms with Crippen LogP contribution in [-0.4, -0.2) is 29.6 Å². The van der Waals surface area contributed by atoms with Gasteiger partial charge >= 0.3 is 0 Å². The van der Waals surface area contributed by atoms with E-state index in [1.165, 1.54) is 18.2 Å². The van der Waals surface area contributed by atoms with E-state index in [4.69, 9.17) is 10.5 Å². The van der Waals surface area contributed by atoms with Crippen molar-refractivity contribution in [1.82, 2.24) is 5.32 Å². The Hall–Kier alpha value is -2.15. The average molecular weight is 291 g/mol. The minimum atomic E-state index is -0.540. The second-order valence-corrected chi connectivity index (χ2v) is 5.57. The van der Waals surface area contributed by atoms with E-state index in [0.29, 0.717) is 12.5 Å². The summed E-state index contributed by atoms with van der Waals surface area (Å²) in [5.74, 6) is 0.151. The van der Waals surface area contributed by atoms with Crippen LogP contribution in [0.5, 0.6) is 0 Å². The summed E-state index contributed by atoms with van der Waals surface area (Å²) in [6.07, 6.45) is 3.10. The minimum absolute atomic E-state index is 0.0383. The highest BCUT2D eigenvalue weighted by Crippen LogP contribution is 2.38. The number of nitrogens with one attached hydrogen (secondary N) is 1. The summed E-state index contributed by atoms with van der Waals surface area (Å²) in [5, 5.41) is 13.7. The molecule has 21 heavy (non-hydrogen) atoms. The number of nitrogens with zero attached hydrogens (tertiary/aromatic N) is 1. The molecule has 2 aliphatic rings. The zero-order valence-electron chi connectivity index (χ0n) is 11.5. The lowest BCUT2D eigenvalue weighted by Gasteiger charge is -2.19. The summed E-state index contributed by atoms with van der Waals surface area (Å²) >= 11 is 0. The van der Waals surface area contributed by atoms with Crippen LogP contribution in [0.4, 0.5) is 11.4 Å². The molecule has 2 atom stereocenters. The van der Waals surface area contributed by atoms with Gasteiger partial charge in [0.15, 0.2) is 0 Å². The Bertz CT molecular complexity index is 586. The number of nitrogens with two attached hydrogens (primary N) is 1. The maximum Gasteiger partial charge on any atom is 0.270 e. The lowest BCUT2D eigenvalue weighted by Crippen LogP contribution is -2.41. The summed E-state index contributed by atoms with van der Waals surface area (Å²) in [4.78, 5) is 22.6. The number of rotatable bonds is 4. The molecular formula is C14H17N3O4. The fourth-order valence-electron chi connectivity index (χ4n) is 2.76. The number of benzene rings is 1. The SMILES string of the molecule is Nc1ccc([N+](=O)[O-])cc1C(=O)NC1CCOC1C1CC1. The predicted molar refractivity (Wildman–Crippen MR) is 75.8 cm³/mol. The number of carbonyl (C=O) groups excluding carboxylic acids is 1. The molecule has 1 aromatic carbocycles. The molecular weight excluding hydrogens is 274 g/mol. The standard InChI is InChI=1S/C14H17N3O4/c15-11-4-3-9(17(19)20)7-10(11)14(18)16-12-5-6-21-13(12)8-1-2-8/h3-4,7-8,12-13H,1-2,5-6,15H2,(H,16,18). The van der Waals surface area contributed by atoms with Crippen molar-refractivity contribution in [3.05, 3.63) is 33.9 Å². The van der Waals surface area contributed by atoms with Gasteiger partial charge in [-0.15, -0.1) is 0 Å². The number of nitro benzene ring substituents is 1. The lowest BCUT2D eigenvalue weighted by atomic mass is 10.0. The fraction of sp³-hybridized carbons (Fsp3) is 0.500. The molecule has 1 saturated heterocycles. The Kier molecular flexibility index (Phi) is 3.50. The quantitative estimate of drug-likeness (QED) is 0.496. The van der Waals surface area contributed by atoms with Gasteiger partial charge in [0.05, 0.1) is 22.6 Å². The topological polar surface area (TPSA) is 107 Å². The molecule has 1 heterocycles. The van der Waals surface area contributed by atoms with Crippen molar-refractivity contribution in [1.29, 1.82) is 0 Å². The molecule has 7 nitrogen and oxygen atoms in total. The largest absolute Gasteiger partial charge is 0.398 e. The first-order valence-corrected chi connectivity index (χ1v) is 7.02. The number of non-ortho nitro benzene ring substituents is 1. The molecule has 1 aliphatic heterocycles. The van der Waals surface area contributed by atoms with Crippen molar-refractivity contribution >= 4 is 17.3 Å². The number of nitro groups is 1. The Morgan fingerprint density at radius 1 is 1.38 bits per heavy atom. The van der Waals surface area contributed by atoms with Crippen LogP contribution < -0.4 is 11.1 Å². The van der Waals surface area contributed by atoms with Gasteiger partial charge in [-0.25, -0.2) is 0 Å². The van der Waals surface area contributed by atoms with E-state index in [0.717, 1.165) is 19.3 Å². The predicted octanol–water partition coefficient (Wildman–Crippen LogP) is 1.47. The van der Waals surface area contributed by atoms with Crippen LogP contribution in [0.2, 0.25) is 0 Å². The smallest absolute Gasteiger partial charge is 0.270 e. The van der Waals surface area contributed by atoms with E-state index in [2.05, 4.69) is 5.32 Å². The fourth-order valence-corrected chi connectivity index (χ4v) is 2.76. The van der Waals surface area contributed by atoms with Gasteiger partial charge < -0.3 is 15.8 Å². The summed E-state index contributed by atoms with van der Waals surface area (Å²) in [6.45, 7) is 0.635. The molecule has 1 amide bonds. The molecule has 3 N–H and O–H groups in total. The molecule has 2 unspecified atom stereocenters. The highest BCUT2D eigenvalue weighted by Gasteiger charge is 2.41. The van der Waals surface area contributed by atoms with Crippen LogP contribution in [0.1, 0.15) is 29.6 Å². The molecule has 3 rings (SSSR count). The second-order valence-electron chi connectivity index (χ2n) is 5.57. The van der Waals surface area contributed by atoms with Crippen LogP contribution in [-0.2, 0) is 4.74 Å². The third-order valence-electron chi connectivity index (χ3n) is 4.03. The highest BCUT2D eigenvalue weighted by atomic mass is 16.6. The Morgan fingerprint density at radius 2 is 2.14 bits per heavy atom. The normalized spacial score (nSPS) is 24.8. The van der Waals surface area contributed by atoms with E-state index >= 15 is 0 Å². The van der Waals surface area contributed by atoms with Gasteiger partial charge in [0.25, 0.3) is 11.6 Å². The van der Waals surface area contributed by atoms with Crippen molar-refractivity contribution in [3.63, 3.8) is 0 Å². The Morgan fingerprint density at radius 3 is 2.81 bits per heavy atom. The number of hydrogen-bond acceptors (Lipinski definition) is 5. The molecule has 7 heteroatoms. The van der Waals surface area contributed by atoms with Crippen LogP contribution in [0.3, 0.4) is 0 Å². The third kappa shape index (κ3) is 2.82. The number of hydrogen-bond donors (Lipinski definition) is 2. The number of nitrogen functional groups attached to an aromatic ring is 1. The molecule has 0 aromatic heterocycles. The van der Waals surface area contributed by atoms with E-state index in [-0.39, 0.29) is 35.0 Å². The molecule has 1 saturated carbocycles. The first-order chi connectivity index (χ1) is 10.1. The molecule has 1 aromatic rings. The van der Waals surface area contributed by atoms with E-state index < -0.39 is 4.92 Å². The van der Waals surface area contributed by atoms with Crippen LogP contribution >= 0.6 is 0 Å². The van der Waals surface area contributed by atoms with Crippen molar-refractivity contribution in [2.24, 2.45) is 5.92 Å². The van der Waals surface area contributed by atoms with Crippen LogP contribution in [0, 0.1) is 16.0 Å². The lowest BCUT2D eigenvalue weighted by molar-refractivity contribution is -0.384. The van der Waals surface area contributed by atoms with Gasteiger partial charge in [-0.1, -0.05) is 0 Å². The van der Waals surface area contributed by atoms with Gasteiger partial charge in [0.1, 0.15) is 0 Å². The van der Waals surface area contributed by atoms with Crippen molar-refractivity contribution in [3.8, 4) is 0 Å². The molecule has 0 bridgehead atoms. The summed E-state index contributed by atoms with van der Waals surface area (Å²) in [6, 6.07) is 3.85. The minimum Gasteiger partial charge on any atom is -0.398 e. The molecule has 0 radical (unpaired) electrons. The van der Waals surface area contributed by atoms with Gasteiger partial charge in [-0.3, -0.25) is 14.9 Å².